The molecule has 1 atom stereocenters. The molecule has 1 heterocycles. The molecule has 3 rings (SSSR count). The Morgan fingerprint density at radius 1 is 1.38 bits per heavy atom. The fourth-order valence-corrected chi connectivity index (χ4v) is 2.64. The lowest BCUT2D eigenvalue weighted by Crippen LogP contribution is -2.35. The Balaban J connectivity index is 1.73. The topological polar surface area (TPSA) is 55.1 Å². The van der Waals surface area contributed by atoms with Crippen molar-refractivity contribution in [1.29, 1.82) is 0 Å². The first-order chi connectivity index (χ1) is 6.12. The number of rotatable bonds is 2. The van der Waals surface area contributed by atoms with Crippen LogP contribution in [0, 0.1) is 5.92 Å². The van der Waals surface area contributed by atoms with Gasteiger partial charge in [-0.3, -0.25) is 4.79 Å². The highest BCUT2D eigenvalue weighted by atomic mass is 16.2. The zero-order valence-corrected chi connectivity index (χ0v) is 7.81. The quantitative estimate of drug-likeness (QED) is 0.651. The molecule has 2 saturated carbocycles. The van der Waals surface area contributed by atoms with Crippen molar-refractivity contribution < 1.29 is 4.79 Å². The molecule has 3 aliphatic rings. The summed E-state index contributed by atoms with van der Waals surface area (Å²) in [6.07, 6.45) is 6.46. The Hall–Kier alpha value is -0.570. The molecule has 0 bridgehead atoms. The van der Waals surface area contributed by atoms with Crippen LogP contribution in [-0.4, -0.2) is 17.0 Å². The third-order valence-corrected chi connectivity index (χ3v) is 3.94. The second-order valence-electron chi connectivity index (χ2n) is 5.17. The highest BCUT2D eigenvalue weighted by molar-refractivity contribution is 5.80. The highest BCUT2D eigenvalue weighted by Gasteiger charge is 2.57. The van der Waals surface area contributed by atoms with Crippen LogP contribution in [0.2, 0.25) is 0 Å². The van der Waals surface area contributed by atoms with Crippen molar-refractivity contribution in [2.24, 2.45) is 11.7 Å². The first-order valence-corrected chi connectivity index (χ1v) is 5.22. The number of nitrogens with two attached hydrogens (primary N) is 1. The molecule has 0 radical (unpaired) electrons. The van der Waals surface area contributed by atoms with Crippen LogP contribution in [0.1, 0.15) is 38.5 Å². The lowest BCUT2D eigenvalue weighted by molar-refractivity contribution is -0.119. The molecule has 1 saturated heterocycles. The van der Waals surface area contributed by atoms with Gasteiger partial charge in [-0.15, -0.1) is 0 Å². The molecule has 0 aromatic rings. The van der Waals surface area contributed by atoms with Crippen molar-refractivity contribution in [3.05, 3.63) is 0 Å². The normalized spacial score (nSPS) is 37.6. The summed E-state index contributed by atoms with van der Waals surface area (Å²) >= 11 is 0. The minimum atomic E-state index is 0.104. The second kappa shape index (κ2) is 2.08. The van der Waals surface area contributed by atoms with Crippen LogP contribution in [-0.2, 0) is 4.79 Å². The third kappa shape index (κ3) is 1.17. The molecule has 13 heavy (non-hydrogen) atoms. The number of hydrogen-bond acceptors (Lipinski definition) is 2. The van der Waals surface area contributed by atoms with Crippen molar-refractivity contribution >= 4 is 5.91 Å². The van der Waals surface area contributed by atoms with Crippen LogP contribution in [0.4, 0.5) is 0 Å². The summed E-state index contributed by atoms with van der Waals surface area (Å²) in [5.74, 6) is 0.777. The van der Waals surface area contributed by atoms with Gasteiger partial charge < -0.3 is 11.1 Å². The van der Waals surface area contributed by atoms with E-state index in [0.29, 0.717) is 5.92 Å². The Kier molecular flexibility index (Phi) is 1.25. The Bertz CT molecular complexity index is 266. The number of nitrogens with one attached hydrogen (secondary N) is 1. The van der Waals surface area contributed by atoms with E-state index in [1.807, 2.05) is 0 Å². The number of carbonyl (C=O) groups excluding carboxylic acids is 1. The van der Waals surface area contributed by atoms with Gasteiger partial charge in [0.05, 0.1) is 0 Å². The SMILES string of the molecule is NC1(CC2CC(=O)NC23CC3)CC1. The van der Waals surface area contributed by atoms with Crippen molar-refractivity contribution in [3.8, 4) is 0 Å². The third-order valence-electron chi connectivity index (χ3n) is 3.94. The first-order valence-electron chi connectivity index (χ1n) is 5.22. The maximum atomic E-state index is 11.3. The van der Waals surface area contributed by atoms with Crippen molar-refractivity contribution in [3.63, 3.8) is 0 Å². The van der Waals surface area contributed by atoms with Crippen LogP contribution in [0.25, 0.3) is 0 Å². The van der Waals surface area contributed by atoms with Gasteiger partial charge in [0.2, 0.25) is 5.91 Å². The summed E-state index contributed by atoms with van der Waals surface area (Å²) in [7, 11) is 0. The Labute approximate surface area is 78.1 Å². The Morgan fingerprint density at radius 3 is 2.62 bits per heavy atom. The fraction of sp³-hybridized carbons (Fsp3) is 0.900. The van der Waals surface area contributed by atoms with Crippen LogP contribution >= 0.6 is 0 Å². The fourth-order valence-electron chi connectivity index (χ4n) is 2.64. The van der Waals surface area contributed by atoms with E-state index in [2.05, 4.69) is 5.32 Å². The van der Waals surface area contributed by atoms with Gasteiger partial charge >= 0.3 is 0 Å². The molecule has 1 unspecified atom stereocenters. The summed E-state index contributed by atoms with van der Waals surface area (Å²) in [5, 5.41) is 3.11. The predicted molar refractivity (Wildman–Crippen MR) is 49.0 cm³/mol. The smallest absolute Gasteiger partial charge is 0.220 e. The van der Waals surface area contributed by atoms with Gasteiger partial charge in [0.1, 0.15) is 0 Å². The molecule has 1 spiro atoms. The number of amides is 1. The van der Waals surface area contributed by atoms with Gasteiger partial charge in [0.25, 0.3) is 0 Å². The number of carbonyl (C=O) groups is 1. The lowest BCUT2D eigenvalue weighted by Gasteiger charge is -2.20. The van der Waals surface area contributed by atoms with Crippen molar-refractivity contribution in [1.82, 2.24) is 5.32 Å². The van der Waals surface area contributed by atoms with E-state index in [9.17, 15) is 4.79 Å². The summed E-state index contributed by atoms with van der Waals surface area (Å²) in [4.78, 5) is 11.3. The molecule has 0 aromatic carbocycles. The van der Waals surface area contributed by atoms with E-state index in [4.69, 9.17) is 5.73 Å². The van der Waals surface area contributed by atoms with Crippen LogP contribution < -0.4 is 11.1 Å². The maximum absolute atomic E-state index is 11.3. The van der Waals surface area contributed by atoms with Crippen molar-refractivity contribution in [2.75, 3.05) is 0 Å². The summed E-state index contributed by atoms with van der Waals surface area (Å²) in [6, 6.07) is 0. The molecule has 0 aromatic heterocycles. The molecule has 3 nitrogen and oxygen atoms in total. The molecular formula is C10H16N2O. The molecule has 3 heteroatoms. The van der Waals surface area contributed by atoms with E-state index < -0.39 is 0 Å². The molecular weight excluding hydrogens is 164 g/mol. The standard InChI is InChI=1S/C10H16N2O/c11-9(1-2-9)6-7-5-8(13)12-10(7)3-4-10/h7H,1-6,11H2,(H,12,13). The molecule has 3 fully saturated rings. The highest BCUT2D eigenvalue weighted by Crippen LogP contribution is 2.52. The van der Waals surface area contributed by atoms with E-state index in [-0.39, 0.29) is 17.0 Å². The first kappa shape index (κ1) is 7.80. The lowest BCUT2D eigenvalue weighted by atomic mass is 9.90. The van der Waals surface area contributed by atoms with Gasteiger partial charge in [-0.1, -0.05) is 0 Å². The number of hydrogen-bond donors (Lipinski definition) is 2. The molecule has 2 aliphatic carbocycles. The molecule has 1 aliphatic heterocycles. The van der Waals surface area contributed by atoms with Gasteiger partial charge in [-0.05, 0) is 38.0 Å². The summed E-state index contributed by atoms with van der Waals surface area (Å²) < 4.78 is 0. The van der Waals surface area contributed by atoms with Crippen LogP contribution in [0.5, 0.6) is 0 Å². The van der Waals surface area contributed by atoms with E-state index in [1.54, 1.807) is 0 Å². The van der Waals surface area contributed by atoms with Gasteiger partial charge in [0.15, 0.2) is 0 Å². The zero-order valence-electron chi connectivity index (χ0n) is 7.81. The predicted octanol–water partition coefficient (Wildman–Crippen LogP) is 0.536. The summed E-state index contributed by atoms with van der Waals surface area (Å²) in [6.45, 7) is 0. The van der Waals surface area contributed by atoms with Gasteiger partial charge in [0, 0.05) is 17.5 Å². The Morgan fingerprint density at radius 2 is 2.08 bits per heavy atom. The monoisotopic (exact) mass is 180 g/mol. The maximum Gasteiger partial charge on any atom is 0.220 e. The minimum Gasteiger partial charge on any atom is -0.350 e. The van der Waals surface area contributed by atoms with Crippen LogP contribution in [0.3, 0.4) is 0 Å². The summed E-state index contributed by atoms with van der Waals surface area (Å²) in [5.41, 5.74) is 6.39. The van der Waals surface area contributed by atoms with Gasteiger partial charge in [-0.25, -0.2) is 0 Å². The molecule has 3 N–H and O–H groups in total. The minimum absolute atomic E-state index is 0.104. The van der Waals surface area contributed by atoms with E-state index in [1.165, 1.54) is 12.8 Å². The van der Waals surface area contributed by atoms with Gasteiger partial charge in [-0.2, -0.15) is 0 Å². The average molecular weight is 180 g/mol. The van der Waals surface area contributed by atoms with Crippen LogP contribution in [0.15, 0.2) is 0 Å². The van der Waals surface area contributed by atoms with E-state index in [0.717, 1.165) is 25.7 Å². The largest absolute Gasteiger partial charge is 0.350 e. The second-order valence-corrected chi connectivity index (χ2v) is 5.17. The van der Waals surface area contributed by atoms with E-state index >= 15 is 0 Å². The molecule has 1 amide bonds. The zero-order chi connectivity index (χ0) is 9.10. The molecule has 72 valence electrons. The average Bonchev–Trinajstić information content (AvgIpc) is 2.88. The van der Waals surface area contributed by atoms with Crippen molar-refractivity contribution in [2.45, 2.75) is 49.6 Å².